The fourth-order valence-corrected chi connectivity index (χ4v) is 4.74. The molecule has 1 aliphatic carbocycles. The topological polar surface area (TPSA) is 87.7 Å². The molecular weight excluding hydrogens is 394 g/mol. The zero-order chi connectivity index (χ0) is 22.6. The largest absolute Gasteiger partial charge is 0.380 e. The lowest BCUT2D eigenvalue weighted by Crippen LogP contribution is -2.51. The molecular formula is C24H35N3O4. The fourth-order valence-electron chi connectivity index (χ4n) is 4.74. The highest BCUT2D eigenvalue weighted by atomic mass is 16.5. The molecule has 0 atom stereocenters. The van der Waals surface area contributed by atoms with Crippen LogP contribution in [0.4, 0.5) is 4.79 Å². The lowest BCUT2D eigenvalue weighted by atomic mass is 9.65. The summed E-state index contributed by atoms with van der Waals surface area (Å²) >= 11 is 0. The van der Waals surface area contributed by atoms with Crippen molar-refractivity contribution in [2.45, 2.75) is 71.6 Å². The van der Waals surface area contributed by atoms with E-state index in [1.54, 1.807) is 7.11 Å². The standard InChI is InChI=1S/C24H35N3O4/c1-5-23(2,3)19-9-11-24(12-10-19)21(29)27(22(30)26-24)15-20(28)25-14-17-7-6-8-18(13-17)16-31-4/h6-8,13,19H,5,9-12,14-16H2,1-4H3,(H,25,28)(H,26,30). The maximum Gasteiger partial charge on any atom is 0.325 e. The molecule has 1 aliphatic heterocycles. The van der Waals surface area contributed by atoms with Gasteiger partial charge in [-0.1, -0.05) is 51.5 Å². The molecule has 31 heavy (non-hydrogen) atoms. The summed E-state index contributed by atoms with van der Waals surface area (Å²) in [5.74, 6) is -0.0694. The average Bonchev–Trinajstić information content (AvgIpc) is 2.97. The van der Waals surface area contributed by atoms with E-state index >= 15 is 0 Å². The first kappa shape index (κ1) is 23.3. The number of urea groups is 1. The number of methoxy groups -OCH3 is 1. The second-order valence-corrected chi connectivity index (χ2v) is 9.55. The minimum atomic E-state index is -0.841. The molecule has 2 aliphatic rings. The summed E-state index contributed by atoms with van der Waals surface area (Å²) in [4.78, 5) is 39.1. The fraction of sp³-hybridized carbons (Fsp3) is 0.625. The van der Waals surface area contributed by atoms with Crippen LogP contribution in [0.15, 0.2) is 24.3 Å². The summed E-state index contributed by atoms with van der Waals surface area (Å²) < 4.78 is 5.13. The van der Waals surface area contributed by atoms with Crippen LogP contribution in [0.3, 0.4) is 0 Å². The Morgan fingerprint density at radius 2 is 1.94 bits per heavy atom. The van der Waals surface area contributed by atoms with Gasteiger partial charge in [-0.15, -0.1) is 0 Å². The average molecular weight is 430 g/mol. The van der Waals surface area contributed by atoms with Crippen molar-refractivity contribution in [2.24, 2.45) is 11.3 Å². The van der Waals surface area contributed by atoms with Crippen molar-refractivity contribution < 1.29 is 19.1 Å². The summed E-state index contributed by atoms with van der Waals surface area (Å²) in [5, 5.41) is 5.71. The van der Waals surface area contributed by atoms with Crippen molar-refractivity contribution in [3.63, 3.8) is 0 Å². The minimum Gasteiger partial charge on any atom is -0.380 e. The van der Waals surface area contributed by atoms with Gasteiger partial charge in [0.05, 0.1) is 6.61 Å². The van der Waals surface area contributed by atoms with Crippen LogP contribution in [0.25, 0.3) is 0 Å². The highest BCUT2D eigenvalue weighted by Gasteiger charge is 2.53. The van der Waals surface area contributed by atoms with Crippen molar-refractivity contribution >= 4 is 17.8 Å². The first-order valence-electron chi connectivity index (χ1n) is 11.2. The SMILES string of the molecule is CCC(C)(C)C1CCC2(CC1)NC(=O)N(CC(=O)NCc1cccc(COC)c1)C2=O. The van der Waals surface area contributed by atoms with E-state index in [-0.39, 0.29) is 23.8 Å². The molecule has 1 saturated heterocycles. The van der Waals surface area contributed by atoms with Gasteiger partial charge in [-0.3, -0.25) is 14.5 Å². The Bertz CT molecular complexity index is 828. The highest BCUT2D eigenvalue weighted by molar-refractivity contribution is 6.09. The molecule has 2 fully saturated rings. The molecule has 1 spiro atoms. The van der Waals surface area contributed by atoms with Crippen LogP contribution >= 0.6 is 0 Å². The van der Waals surface area contributed by atoms with Crippen molar-refractivity contribution in [1.29, 1.82) is 0 Å². The molecule has 0 radical (unpaired) electrons. The number of carbonyl (C=O) groups is 3. The van der Waals surface area contributed by atoms with Crippen LogP contribution in [-0.4, -0.2) is 41.9 Å². The number of nitrogens with one attached hydrogen (secondary N) is 2. The minimum absolute atomic E-state index is 0.230. The molecule has 1 aromatic carbocycles. The second kappa shape index (κ2) is 9.39. The molecule has 1 heterocycles. The molecule has 1 saturated carbocycles. The van der Waals surface area contributed by atoms with Gasteiger partial charge in [-0.25, -0.2) is 4.79 Å². The van der Waals surface area contributed by atoms with Crippen molar-refractivity contribution in [3.8, 4) is 0 Å². The smallest absolute Gasteiger partial charge is 0.325 e. The number of hydrogen-bond acceptors (Lipinski definition) is 4. The van der Waals surface area contributed by atoms with Crippen LogP contribution in [0.5, 0.6) is 0 Å². The third-order valence-corrected chi connectivity index (χ3v) is 7.20. The van der Waals surface area contributed by atoms with E-state index in [0.29, 0.717) is 31.9 Å². The Kier molecular flexibility index (Phi) is 7.04. The first-order valence-corrected chi connectivity index (χ1v) is 11.2. The second-order valence-electron chi connectivity index (χ2n) is 9.55. The van der Waals surface area contributed by atoms with Gasteiger partial charge >= 0.3 is 6.03 Å². The van der Waals surface area contributed by atoms with Gasteiger partial charge in [-0.05, 0) is 48.1 Å². The summed E-state index contributed by atoms with van der Waals surface area (Å²) in [5.41, 5.74) is 1.35. The molecule has 3 rings (SSSR count). The van der Waals surface area contributed by atoms with Crippen LogP contribution in [0, 0.1) is 11.3 Å². The van der Waals surface area contributed by atoms with E-state index in [9.17, 15) is 14.4 Å². The number of amides is 4. The summed E-state index contributed by atoms with van der Waals surface area (Å²) in [6.07, 6.45) is 4.17. The Labute approximate surface area is 184 Å². The number of ether oxygens (including phenoxy) is 1. The van der Waals surface area contributed by atoms with Crippen molar-refractivity contribution in [3.05, 3.63) is 35.4 Å². The number of nitrogens with zero attached hydrogens (tertiary/aromatic N) is 1. The Morgan fingerprint density at radius 1 is 1.26 bits per heavy atom. The Hall–Kier alpha value is -2.41. The number of rotatable bonds is 8. The van der Waals surface area contributed by atoms with Gasteiger partial charge in [-0.2, -0.15) is 0 Å². The van der Waals surface area contributed by atoms with Gasteiger partial charge < -0.3 is 15.4 Å². The van der Waals surface area contributed by atoms with Gasteiger partial charge in [0.25, 0.3) is 5.91 Å². The third kappa shape index (κ3) is 5.09. The van der Waals surface area contributed by atoms with Crippen LogP contribution in [0.1, 0.15) is 64.0 Å². The summed E-state index contributed by atoms with van der Waals surface area (Å²) in [6, 6.07) is 7.28. The predicted molar refractivity (Wildman–Crippen MR) is 118 cm³/mol. The van der Waals surface area contributed by atoms with Crippen LogP contribution in [-0.2, 0) is 27.5 Å². The van der Waals surface area contributed by atoms with E-state index in [4.69, 9.17) is 4.74 Å². The monoisotopic (exact) mass is 429 g/mol. The number of carbonyl (C=O) groups excluding carboxylic acids is 3. The molecule has 0 bridgehead atoms. The van der Waals surface area contributed by atoms with Crippen molar-refractivity contribution in [1.82, 2.24) is 15.5 Å². The molecule has 0 unspecified atom stereocenters. The zero-order valence-electron chi connectivity index (χ0n) is 19.1. The van der Waals surface area contributed by atoms with Gasteiger partial charge in [0, 0.05) is 13.7 Å². The predicted octanol–water partition coefficient (Wildman–Crippen LogP) is 3.37. The molecule has 0 aromatic heterocycles. The normalized spacial score (nSPS) is 23.9. The number of hydrogen-bond donors (Lipinski definition) is 2. The van der Waals surface area contributed by atoms with E-state index in [1.165, 1.54) is 0 Å². The third-order valence-electron chi connectivity index (χ3n) is 7.20. The van der Waals surface area contributed by atoms with Gasteiger partial charge in [0.1, 0.15) is 12.1 Å². The lowest BCUT2D eigenvalue weighted by Gasteiger charge is -2.42. The maximum atomic E-state index is 13.1. The molecule has 2 N–H and O–H groups in total. The molecule has 7 nitrogen and oxygen atoms in total. The van der Waals surface area contributed by atoms with E-state index < -0.39 is 11.6 Å². The van der Waals surface area contributed by atoms with Crippen LogP contribution in [0.2, 0.25) is 0 Å². The number of imide groups is 1. The Morgan fingerprint density at radius 3 is 2.58 bits per heavy atom. The quantitative estimate of drug-likeness (QED) is 0.620. The molecule has 1 aromatic rings. The highest BCUT2D eigenvalue weighted by Crippen LogP contribution is 2.45. The molecule has 4 amide bonds. The maximum absolute atomic E-state index is 13.1. The number of benzene rings is 1. The van der Waals surface area contributed by atoms with Gasteiger partial charge in [0.15, 0.2) is 0 Å². The summed E-state index contributed by atoms with van der Waals surface area (Å²) in [7, 11) is 1.64. The van der Waals surface area contributed by atoms with Gasteiger partial charge in [0.2, 0.25) is 5.91 Å². The zero-order valence-corrected chi connectivity index (χ0v) is 19.1. The van der Waals surface area contributed by atoms with Crippen LogP contribution < -0.4 is 10.6 Å². The lowest BCUT2D eigenvalue weighted by molar-refractivity contribution is -0.136. The van der Waals surface area contributed by atoms with Crippen molar-refractivity contribution in [2.75, 3.05) is 13.7 Å². The Balaban J connectivity index is 1.55. The molecule has 7 heteroatoms. The molecule has 170 valence electrons. The van der Waals surface area contributed by atoms with E-state index in [1.807, 2.05) is 24.3 Å². The van der Waals surface area contributed by atoms with E-state index in [0.717, 1.165) is 35.3 Å². The van der Waals surface area contributed by atoms with E-state index in [2.05, 4.69) is 31.4 Å². The first-order chi connectivity index (χ1) is 14.7. The summed E-state index contributed by atoms with van der Waals surface area (Å²) in [6.45, 7) is 7.31.